The van der Waals surface area contributed by atoms with Crippen LogP contribution in [-0.2, 0) is 0 Å². The Morgan fingerprint density at radius 3 is 2.50 bits per heavy atom. The zero-order valence-electron chi connectivity index (χ0n) is 11.0. The maximum absolute atomic E-state index is 9.53. The fourth-order valence-corrected chi connectivity index (χ4v) is 3.53. The zero-order chi connectivity index (χ0) is 12.0. The highest BCUT2D eigenvalue weighted by Gasteiger charge is 2.30. The third-order valence-corrected chi connectivity index (χ3v) is 5.50. The summed E-state index contributed by atoms with van der Waals surface area (Å²) in [6.07, 6.45) is 8.34. The van der Waals surface area contributed by atoms with Crippen LogP contribution < -0.4 is 5.32 Å². The van der Waals surface area contributed by atoms with Crippen molar-refractivity contribution in [3.63, 3.8) is 0 Å². The number of nitrogens with one attached hydrogen (secondary N) is 1. The van der Waals surface area contributed by atoms with E-state index in [4.69, 9.17) is 0 Å². The standard InChI is InChI=1S/C13H27NOS/c1-4-13(5-2,10-15)9-14-11-7-6-8-12(11)16-3/h11-12,14-15H,4-10H2,1-3H3. The van der Waals surface area contributed by atoms with Crippen molar-refractivity contribution in [1.29, 1.82) is 0 Å². The van der Waals surface area contributed by atoms with Gasteiger partial charge in [-0.05, 0) is 31.9 Å². The molecule has 2 nitrogen and oxygen atoms in total. The van der Waals surface area contributed by atoms with E-state index in [2.05, 4.69) is 25.4 Å². The molecule has 96 valence electrons. The summed E-state index contributed by atoms with van der Waals surface area (Å²) in [4.78, 5) is 0. The molecule has 1 aliphatic carbocycles. The smallest absolute Gasteiger partial charge is 0.0499 e. The van der Waals surface area contributed by atoms with Gasteiger partial charge in [-0.3, -0.25) is 0 Å². The first-order valence-electron chi connectivity index (χ1n) is 6.58. The van der Waals surface area contributed by atoms with Crippen molar-refractivity contribution in [3.05, 3.63) is 0 Å². The number of aliphatic hydroxyl groups excluding tert-OH is 1. The molecule has 0 heterocycles. The van der Waals surface area contributed by atoms with E-state index in [1.807, 2.05) is 11.8 Å². The van der Waals surface area contributed by atoms with Gasteiger partial charge in [0.1, 0.15) is 0 Å². The average molecular weight is 245 g/mol. The van der Waals surface area contributed by atoms with E-state index >= 15 is 0 Å². The summed E-state index contributed by atoms with van der Waals surface area (Å²) in [7, 11) is 0. The second kappa shape index (κ2) is 6.87. The molecule has 1 rings (SSSR count). The highest BCUT2D eigenvalue weighted by molar-refractivity contribution is 7.99. The van der Waals surface area contributed by atoms with Gasteiger partial charge in [-0.15, -0.1) is 0 Å². The lowest BCUT2D eigenvalue weighted by Crippen LogP contribution is -2.43. The van der Waals surface area contributed by atoms with Gasteiger partial charge in [0.05, 0.1) is 0 Å². The summed E-state index contributed by atoms with van der Waals surface area (Å²) in [6.45, 7) is 5.64. The second-order valence-corrected chi connectivity index (χ2v) is 6.13. The van der Waals surface area contributed by atoms with E-state index in [-0.39, 0.29) is 5.41 Å². The van der Waals surface area contributed by atoms with Crippen molar-refractivity contribution in [2.75, 3.05) is 19.4 Å². The Labute approximate surface area is 105 Å². The summed E-state index contributed by atoms with van der Waals surface area (Å²) in [5.41, 5.74) is 0.103. The van der Waals surface area contributed by atoms with Crippen LogP contribution in [-0.4, -0.2) is 35.8 Å². The van der Waals surface area contributed by atoms with Crippen LogP contribution in [0.5, 0.6) is 0 Å². The molecule has 16 heavy (non-hydrogen) atoms. The molecule has 1 fully saturated rings. The van der Waals surface area contributed by atoms with Crippen molar-refractivity contribution in [3.8, 4) is 0 Å². The SMILES string of the molecule is CCC(CC)(CO)CNC1CCCC1SC. The van der Waals surface area contributed by atoms with E-state index in [0.717, 1.165) is 24.6 Å². The third kappa shape index (κ3) is 3.38. The predicted octanol–water partition coefficient (Wildman–Crippen LogP) is 2.66. The molecule has 0 saturated heterocycles. The van der Waals surface area contributed by atoms with Crippen molar-refractivity contribution in [2.24, 2.45) is 5.41 Å². The van der Waals surface area contributed by atoms with E-state index in [0.29, 0.717) is 12.6 Å². The van der Waals surface area contributed by atoms with Gasteiger partial charge >= 0.3 is 0 Å². The summed E-state index contributed by atoms with van der Waals surface area (Å²) in [5.74, 6) is 0. The van der Waals surface area contributed by atoms with Crippen LogP contribution in [0.15, 0.2) is 0 Å². The Hall–Kier alpha value is 0.270. The van der Waals surface area contributed by atoms with Crippen LogP contribution in [0.3, 0.4) is 0 Å². The van der Waals surface area contributed by atoms with Crippen molar-refractivity contribution >= 4 is 11.8 Å². The highest BCUT2D eigenvalue weighted by Crippen LogP contribution is 2.30. The monoisotopic (exact) mass is 245 g/mol. The van der Waals surface area contributed by atoms with E-state index in [1.165, 1.54) is 19.3 Å². The van der Waals surface area contributed by atoms with Crippen molar-refractivity contribution < 1.29 is 5.11 Å². The van der Waals surface area contributed by atoms with Crippen LogP contribution in [0.25, 0.3) is 0 Å². The third-order valence-electron chi connectivity index (χ3n) is 4.33. The Balaban J connectivity index is 2.42. The molecule has 0 aromatic heterocycles. The normalized spacial score (nSPS) is 26.2. The fourth-order valence-electron chi connectivity index (χ4n) is 2.57. The first-order valence-corrected chi connectivity index (χ1v) is 7.87. The van der Waals surface area contributed by atoms with Gasteiger partial charge in [0.15, 0.2) is 0 Å². The summed E-state index contributed by atoms with van der Waals surface area (Å²) in [5, 5.41) is 14.0. The number of hydrogen-bond donors (Lipinski definition) is 2. The van der Waals surface area contributed by atoms with E-state index in [1.54, 1.807) is 0 Å². The van der Waals surface area contributed by atoms with Gasteiger partial charge in [0.25, 0.3) is 0 Å². The minimum absolute atomic E-state index is 0.103. The lowest BCUT2D eigenvalue weighted by atomic mass is 9.83. The molecule has 0 aromatic rings. The maximum Gasteiger partial charge on any atom is 0.0499 e. The molecule has 0 aliphatic heterocycles. The van der Waals surface area contributed by atoms with Gasteiger partial charge in [-0.2, -0.15) is 11.8 Å². The van der Waals surface area contributed by atoms with E-state index < -0.39 is 0 Å². The molecule has 2 unspecified atom stereocenters. The Kier molecular flexibility index (Phi) is 6.16. The first kappa shape index (κ1) is 14.3. The Bertz CT molecular complexity index is 186. The highest BCUT2D eigenvalue weighted by atomic mass is 32.2. The van der Waals surface area contributed by atoms with Crippen molar-refractivity contribution in [1.82, 2.24) is 5.32 Å². The van der Waals surface area contributed by atoms with Crippen LogP contribution in [0.1, 0.15) is 46.0 Å². The first-order chi connectivity index (χ1) is 7.71. The molecule has 0 aromatic carbocycles. The van der Waals surface area contributed by atoms with Gasteiger partial charge in [-0.1, -0.05) is 20.3 Å². The van der Waals surface area contributed by atoms with Crippen LogP contribution in [0.4, 0.5) is 0 Å². The van der Waals surface area contributed by atoms with Crippen LogP contribution >= 0.6 is 11.8 Å². The van der Waals surface area contributed by atoms with Gasteiger partial charge in [-0.25, -0.2) is 0 Å². The largest absolute Gasteiger partial charge is 0.396 e. The van der Waals surface area contributed by atoms with Gasteiger partial charge in [0, 0.05) is 29.9 Å². The second-order valence-electron chi connectivity index (χ2n) is 5.06. The average Bonchev–Trinajstić information content (AvgIpc) is 2.79. The summed E-state index contributed by atoms with van der Waals surface area (Å²) < 4.78 is 0. The predicted molar refractivity (Wildman–Crippen MR) is 73.0 cm³/mol. The van der Waals surface area contributed by atoms with Gasteiger partial charge in [0.2, 0.25) is 0 Å². The van der Waals surface area contributed by atoms with Crippen LogP contribution in [0.2, 0.25) is 0 Å². The Morgan fingerprint density at radius 1 is 1.31 bits per heavy atom. The zero-order valence-corrected chi connectivity index (χ0v) is 11.8. The Morgan fingerprint density at radius 2 is 2.00 bits per heavy atom. The fraction of sp³-hybridized carbons (Fsp3) is 1.00. The molecule has 0 bridgehead atoms. The number of hydrogen-bond acceptors (Lipinski definition) is 3. The maximum atomic E-state index is 9.53. The summed E-state index contributed by atoms with van der Waals surface area (Å²) >= 11 is 1.99. The van der Waals surface area contributed by atoms with Crippen molar-refractivity contribution in [2.45, 2.75) is 57.2 Å². The summed E-state index contributed by atoms with van der Waals surface area (Å²) in [6, 6.07) is 0.666. The minimum Gasteiger partial charge on any atom is -0.396 e. The molecule has 3 heteroatoms. The topological polar surface area (TPSA) is 32.3 Å². The molecule has 2 atom stereocenters. The number of aliphatic hydroxyl groups is 1. The lowest BCUT2D eigenvalue weighted by Gasteiger charge is -2.32. The number of thioether (sulfide) groups is 1. The molecule has 2 N–H and O–H groups in total. The molecular weight excluding hydrogens is 218 g/mol. The number of rotatable bonds is 7. The van der Waals surface area contributed by atoms with Crippen LogP contribution in [0, 0.1) is 5.41 Å². The lowest BCUT2D eigenvalue weighted by molar-refractivity contribution is 0.110. The van der Waals surface area contributed by atoms with E-state index in [9.17, 15) is 5.11 Å². The molecule has 0 amide bonds. The molecule has 1 saturated carbocycles. The van der Waals surface area contributed by atoms with Gasteiger partial charge < -0.3 is 10.4 Å². The minimum atomic E-state index is 0.103. The quantitative estimate of drug-likeness (QED) is 0.723. The molecule has 1 aliphatic rings. The molecule has 0 spiro atoms. The molecule has 0 radical (unpaired) electrons. The molecular formula is C13H27NOS.